The zero-order valence-corrected chi connectivity index (χ0v) is 15.4. The summed E-state index contributed by atoms with van der Waals surface area (Å²) in [5.41, 5.74) is 0.235. The highest BCUT2D eigenvalue weighted by Crippen LogP contribution is 2.27. The van der Waals surface area contributed by atoms with Crippen LogP contribution in [0, 0.1) is 11.6 Å². The topological polar surface area (TPSA) is 114 Å². The molecule has 4 aromatic rings. The predicted molar refractivity (Wildman–Crippen MR) is 102 cm³/mol. The fourth-order valence-corrected chi connectivity index (χ4v) is 2.76. The molecule has 29 heavy (non-hydrogen) atoms. The number of halogens is 2. The van der Waals surface area contributed by atoms with Gasteiger partial charge < -0.3 is 20.3 Å². The van der Waals surface area contributed by atoms with E-state index in [4.69, 9.17) is 0 Å². The molecule has 4 heterocycles. The van der Waals surface area contributed by atoms with Crippen LogP contribution in [0.5, 0.6) is 5.88 Å². The molecule has 4 rings (SSSR count). The summed E-state index contributed by atoms with van der Waals surface area (Å²) < 4.78 is 28.9. The van der Waals surface area contributed by atoms with Crippen LogP contribution in [0.1, 0.15) is 18.7 Å². The van der Waals surface area contributed by atoms with Crippen LogP contribution in [0.4, 0.5) is 26.4 Å². The first-order chi connectivity index (χ1) is 13.9. The summed E-state index contributed by atoms with van der Waals surface area (Å²) in [5.74, 6) is -0.693. The lowest BCUT2D eigenvalue weighted by atomic mass is 10.2. The zero-order valence-electron chi connectivity index (χ0n) is 15.4. The molecule has 0 aliphatic carbocycles. The van der Waals surface area contributed by atoms with E-state index in [-0.39, 0.29) is 23.2 Å². The van der Waals surface area contributed by atoms with Gasteiger partial charge in [-0.15, -0.1) is 0 Å². The van der Waals surface area contributed by atoms with Gasteiger partial charge in [0.05, 0.1) is 29.6 Å². The van der Waals surface area contributed by atoms with Crippen LogP contribution in [-0.4, -0.2) is 34.6 Å². The van der Waals surface area contributed by atoms with Gasteiger partial charge in [-0.1, -0.05) is 0 Å². The van der Waals surface area contributed by atoms with Crippen molar-refractivity contribution in [1.29, 1.82) is 0 Å². The normalized spacial score (nSPS) is 12.1. The van der Waals surface area contributed by atoms with Crippen molar-refractivity contribution < 1.29 is 13.9 Å². The average molecular weight is 398 g/mol. The van der Waals surface area contributed by atoms with E-state index in [0.717, 1.165) is 12.3 Å². The number of aryl methyl sites for hydroxylation is 1. The Labute approximate surface area is 163 Å². The van der Waals surface area contributed by atoms with E-state index in [0.29, 0.717) is 17.0 Å². The maximum absolute atomic E-state index is 14.0. The third-order valence-corrected chi connectivity index (χ3v) is 4.09. The lowest BCUT2D eigenvalue weighted by molar-refractivity contribution is 0.455. The molecule has 0 radical (unpaired) electrons. The molecule has 3 N–H and O–H groups in total. The minimum Gasteiger partial charge on any atom is -0.493 e. The third-order valence-electron chi connectivity index (χ3n) is 4.09. The van der Waals surface area contributed by atoms with E-state index in [9.17, 15) is 13.9 Å². The Morgan fingerprint density at radius 3 is 2.69 bits per heavy atom. The molecular weight excluding hydrogens is 382 g/mol. The van der Waals surface area contributed by atoms with Crippen LogP contribution in [-0.2, 0) is 7.05 Å². The standard InChI is InChI=1S/C18H16F2N8O/c1-9(15-12(20)5-10(19)6-21-15)23-18-26-16(24-13-7-28(2)8-22-13)11-3-4-14(29)25-17(11)27-18/h3-9H,1-2H3,(H3,23,24,25,26,27,29). The molecule has 0 aliphatic heterocycles. The monoisotopic (exact) mass is 398 g/mol. The van der Waals surface area contributed by atoms with E-state index in [1.807, 2.05) is 7.05 Å². The predicted octanol–water partition coefficient (Wildman–Crippen LogP) is 3.05. The Bertz CT molecular complexity index is 1200. The first-order valence-corrected chi connectivity index (χ1v) is 8.59. The first-order valence-electron chi connectivity index (χ1n) is 8.59. The van der Waals surface area contributed by atoms with Crippen LogP contribution < -0.4 is 10.6 Å². The van der Waals surface area contributed by atoms with Crippen molar-refractivity contribution in [3.05, 3.63) is 54.2 Å². The van der Waals surface area contributed by atoms with Gasteiger partial charge in [0.25, 0.3) is 0 Å². The summed E-state index contributed by atoms with van der Waals surface area (Å²) in [6.45, 7) is 1.64. The fraction of sp³-hybridized carbons (Fsp3) is 0.167. The molecule has 0 aromatic carbocycles. The molecule has 0 fully saturated rings. The molecule has 0 saturated heterocycles. The van der Waals surface area contributed by atoms with E-state index in [2.05, 4.69) is 35.6 Å². The van der Waals surface area contributed by atoms with E-state index < -0.39 is 17.7 Å². The van der Waals surface area contributed by atoms with Crippen molar-refractivity contribution in [2.45, 2.75) is 13.0 Å². The van der Waals surface area contributed by atoms with Crippen LogP contribution in [0.3, 0.4) is 0 Å². The molecule has 1 unspecified atom stereocenters. The summed E-state index contributed by atoms with van der Waals surface area (Å²) in [7, 11) is 1.83. The summed E-state index contributed by atoms with van der Waals surface area (Å²) in [6.07, 6.45) is 4.32. The van der Waals surface area contributed by atoms with Gasteiger partial charge in [0.1, 0.15) is 23.3 Å². The van der Waals surface area contributed by atoms with Crippen molar-refractivity contribution in [1.82, 2.24) is 29.5 Å². The summed E-state index contributed by atoms with van der Waals surface area (Å²) in [4.78, 5) is 20.7. The van der Waals surface area contributed by atoms with E-state index in [1.165, 1.54) is 6.07 Å². The van der Waals surface area contributed by atoms with Crippen molar-refractivity contribution >= 4 is 28.6 Å². The van der Waals surface area contributed by atoms with Crippen LogP contribution in [0.2, 0.25) is 0 Å². The maximum atomic E-state index is 14.0. The minimum atomic E-state index is -0.784. The van der Waals surface area contributed by atoms with Gasteiger partial charge in [-0.2, -0.15) is 15.0 Å². The fourth-order valence-electron chi connectivity index (χ4n) is 2.76. The van der Waals surface area contributed by atoms with Crippen LogP contribution >= 0.6 is 0 Å². The number of fused-ring (bicyclic) bond motifs is 1. The number of pyridine rings is 2. The Morgan fingerprint density at radius 1 is 1.14 bits per heavy atom. The first kappa shape index (κ1) is 18.5. The van der Waals surface area contributed by atoms with Gasteiger partial charge in [-0.05, 0) is 13.0 Å². The van der Waals surface area contributed by atoms with Gasteiger partial charge >= 0.3 is 0 Å². The van der Waals surface area contributed by atoms with Crippen LogP contribution in [0.15, 0.2) is 36.9 Å². The second-order valence-corrected chi connectivity index (χ2v) is 6.37. The molecule has 0 bridgehead atoms. The smallest absolute Gasteiger partial charge is 0.227 e. The summed E-state index contributed by atoms with van der Waals surface area (Å²) in [6, 6.07) is 3.14. The number of aromatic hydroxyl groups is 1. The molecule has 0 aliphatic rings. The quantitative estimate of drug-likeness (QED) is 0.470. The Morgan fingerprint density at radius 2 is 1.97 bits per heavy atom. The highest BCUT2D eigenvalue weighted by atomic mass is 19.1. The number of rotatable bonds is 5. The van der Waals surface area contributed by atoms with E-state index >= 15 is 0 Å². The molecule has 4 aromatic heterocycles. The number of hydrogen-bond donors (Lipinski definition) is 3. The van der Waals surface area contributed by atoms with Crippen molar-refractivity contribution in [3.63, 3.8) is 0 Å². The number of anilines is 3. The Hall–Kier alpha value is -3.89. The summed E-state index contributed by atoms with van der Waals surface area (Å²) in [5, 5.41) is 16.3. The second-order valence-electron chi connectivity index (χ2n) is 6.37. The van der Waals surface area contributed by atoms with Crippen LogP contribution in [0.25, 0.3) is 11.0 Å². The number of aromatic nitrogens is 6. The highest BCUT2D eigenvalue weighted by molar-refractivity contribution is 5.89. The molecule has 1 atom stereocenters. The Balaban J connectivity index is 1.71. The molecule has 0 spiro atoms. The van der Waals surface area contributed by atoms with Gasteiger partial charge in [-0.3, -0.25) is 4.98 Å². The zero-order chi connectivity index (χ0) is 20.5. The number of hydrogen-bond acceptors (Lipinski definition) is 8. The van der Waals surface area contributed by atoms with Gasteiger partial charge in [-0.25, -0.2) is 13.8 Å². The molecule has 148 valence electrons. The number of imidazole rings is 1. The van der Waals surface area contributed by atoms with Crippen molar-refractivity contribution in [2.24, 2.45) is 7.05 Å². The van der Waals surface area contributed by atoms with Gasteiger partial charge in [0.15, 0.2) is 5.65 Å². The average Bonchev–Trinajstić information content (AvgIpc) is 3.06. The largest absolute Gasteiger partial charge is 0.493 e. The van der Waals surface area contributed by atoms with Crippen molar-refractivity contribution in [3.8, 4) is 5.88 Å². The molecule has 11 heteroatoms. The molecule has 9 nitrogen and oxygen atoms in total. The van der Waals surface area contributed by atoms with E-state index in [1.54, 1.807) is 30.1 Å². The lowest BCUT2D eigenvalue weighted by Gasteiger charge is -2.15. The molecule has 0 saturated carbocycles. The Kier molecular flexibility index (Phi) is 4.63. The molecule has 0 amide bonds. The minimum absolute atomic E-state index is 0.0122. The molecular formula is C18H16F2N8O. The third kappa shape index (κ3) is 3.88. The number of nitrogens with one attached hydrogen (secondary N) is 2. The maximum Gasteiger partial charge on any atom is 0.227 e. The second kappa shape index (κ2) is 7.26. The highest BCUT2D eigenvalue weighted by Gasteiger charge is 2.17. The van der Waals surface area contributed by atoms with Gasteiger partial charge in [0.2, 0.25) is 11.8 Å². The SMILES string of the molecule is CC(Nc1nc(Nc2cn(C)cn2)c2ccc(O)nc2n1)c1ncc(F)cc1F. The lowest BCUT2D eigenvalue weighted by Crippen LogP contribution is -2.14. The number of nitrogens with zero attached hydrogens (tertiary/aromatic N) is 6. The van der Waals surface area contributed by atoms with Gasteiger partial charge in [0, 0.05) is 25.4 Å². The summed E-state index contributed by atoms with van der Waals surface area (Å²) >= 11 is 0. The van der Waals surface area contributed by atoms with Crippen molar-refractivity contribution in [2.75, 3.05) is 10.6 Å².